The highest BCUT2D eigenvalue weighted by Crippen LogP contribution is 2.25. The predicted molar refractivity (Wildman–Crippen MR) is 83.4 cm³/mol. The van der Waals surface area contributed by atoms with Crippen molar-refractivity contribution in [1.29, 1.82) is 0 Å². The Morgan fingerprint density at radius 1 is 1.47 bits per heavy atom. The van der Waals surface area contributed by atoms with Crippen LogP contribution >= 0.6 is 23.4 Å². The van der Waals surface area contributed by atoms with E-state index >= 15 is 0 Å². The van der Waals surface area contributed by atoms with E-state index in [2.05, 4.69) is 11.6 Å². The van der Waals surface area contributed by atoms with Gasteiger partial charge in [0.15, 0.2) is 0 Å². The van der Waals surface area contributed by atoms with Gasteiger partial charge in [0, 0.05) is 22.5 Å². The van der Waals surface area contributed by atoms with Crippen LogP contribution in [-0.2, 0) is 10.0 Å². The van der Waals surface area contributed by atoms with Gasteiger partial charge in [-0.25, -0.2) is 13.1 Å². The van der Waals surface area contributed by atoms with Crippen LogP contribution in [0, 0.1) is 6.92 Å². The molecule has 19 heavy (non-hydrogen) atoms. The standard InChI is InChI=1S/C12H19ClN2O2S2/c1-8(18-3)4-5-15-19(16,17)10-6-11(13)9(2)12(14)7-10/h6-8,15H,4-5,14H2,1-3H3. The second kappa shape index (κ2) is 6.83. The largest absolute Gasteiger partial charge is 0.398 e. The molecule has 1 aromatic carbocycles. The van der Waals surface area contributed by atoms with Gasteiger partial charge in [0.2, 0.25) is 10.0 Å². The first-order chi connectivity index (χ1) is 8.77. The highest BCUT2D eigenvalue weighted by atomic mass is 35.5. The summed E-state index contributed by atoms with van der Waals surface area (Å²) < 4.78 is 26.7. The van der Waals surface area contributed by atoms with E-state index in [9.17, 15) is 8.42 Å². The lowest BCUT2D eigenvalue weighted by Gasteiger charge is -2.11. The molecule has 0 saturated heterocycles. The molecule has 0 amide bonds. The number of nitrogens with one attached hydrogen (secondary N) is 1. The lowest BCUT2D eigenvalue weighted by atomic mass is 10.2. The molecule has 3 N–H and O–H groups in total. The molecule has 0 fully saturated rings. The average Bonchev–Trinajstić information content (AvgIpc) is 2.34. The molecule has 0 saturated carbocycles. The molecule has 0 aliphatic heterocycles. The Hall–Kier alpha value is -0.430. The number of halogens is 1. The summed E-state index contributed by atoms with van der Waals surface area (Å²) in [4.78, 5) is 0.109. The molecule has 0 bridgehead atoms. The van der Waals surface area contributed by atoms with E-state index in [1.165, 1.54) is 12.1 Å². The van der Waals surface area contributed by atoms with Crippen LogP contribution in [0.2, 0.25) is 5.02 Å². The number of hydrogen-bond donors (Lipinski definition) is 2. The average molecular weight is 323 g/mol. The van der Waals surface area contributed by atoms with E-state index < -0.39 is 10.0 Å². The van der Waals surface area contributed by atoms with E-state index in [4.69, 9.17) is 17.3 Å². The van der Waals surface area contributed by atoms with Gasteiger partial charge < -0.3 is 5.73 Å². The molecule has 1 rings (SSSR count). The molecule has 0 aliphatic carbocycles. The molecule has 0 spiro atoms. The van der Waals surface area contributed by atoms with Gasteiger partial charge in [-0.2, -0.15) is 11.8 Å². The summed E-state index contributed by atoms with van der Waals surface area (Å²) in [6.45, 7) is 4.21. The minimum atomic E-state index is -3.55. The van der Waals surface area contributed by atoms with Crippen LogP contribution in [-0.4, -0.2) is 26.5 Å². The van der Waals surface area contributed by atoms with Crippen LogP contribution in [0.25, 0.3) is 0 Å². The monoisotopic (exact) mass is 322 g/mol. The molecule has 0 aliphatic rings. The minimum Gasteiger partial charge on any atom is -0.398 e. The molecule has 0 aromatic heterocycles. The zero-order chi connectivity index (χ0) is 14.6. The fraction of sp³-hybridized carbons (Fsp3) is 0.500. The Morgan fingerprint density at radius 2 is 2.11 bits per heavy atom. The zero-order valence-corrected chi connectivity index (χ0v) is 13.6. The van der Waals surface area contributed by atoms with Crippen molar-refractivity contribution < 1.29 is 8.42 Å². The number of benzene rings is 1. The fourth-order valence-electron chi connectivity index (χ4n) is 1.43. The summed E-state index contributed by atoms with van der Waals surface area (Å²) in [6, 6.07) is 2.86. The van der Waals surface area contributed by atoms with Gasteiger partial charge in [-0.05, 0) is 37.3 Å². The summed E-state index contributed by atoms with van der Waals surface area (Å²) in [5.41, 5.74) is 6.81. The number of nitrogen functional groups attached to an aromatic ring is 1. The normalized spacial score (nSPS) is 13.5. The molecule has 1 unspecified atom stereocenters. The predicted octanol–water partition coefficient (Wildman–Crippen LogP) is 2.65. The number of sulfonamides is 1. The number of hydrogen-bond acceptors (Lipinski definition) is 4. The first-order valence-corrected chi connectivity index (χ1v) is 9.01. The molecule has 4 nitrogen and oxygen atoms in total. The van der Waals surface area contributed by atoms with Gasteiger partial charge in [0.25, 0.3) is 0 Å². The van der Waals surface area contributed by atoms with Gasteiger partial charge in [0.1, 0.15) is 0 Å². The van der Waals surface area contributed by atoms with Crippen LogP contribution < -0.4 is 10.5 Å². The summed E-state index contributed by atoms with van der Waals surface area (Å²) in [5.74, 6) is 0. The van der Waals surface area contributed by atoms with Crippen LogP contribution in [0.15, 0.2) is 17.0 Å². The van der Waals surface area contributed by atoms with Crippen molar-refractivity contribution in [2.45, 2.75) is 30.4 Å². The highest BCUT2D eigenvalue weighted by molar-refractivity contribution is 7.99. The van der Waals surface area contributed by atoms with Crippen molar-refractivity contribution in [2.24, 2.45) is 0 Å². The minimum absolute atomic E-state index is 0.109. The van der Waals surface area contributed by atoms with Gasteiger partial charge in [-0.1, -0.05) is 18.5 Å². The van der Waals surface area contributed by atoms with Crippen molar-refractivity contribution in [2.75, 3.05) is 18.5 Å². The van der Waals surface area contributed by atoms with E-state index in [1.807, 2.05) is 6.26 Å². The number of anilines is 1. The Balaban J connectivity index is 2.83. The fourth-order valence-corrected chi connectivity index (χ4v) is 3.18. The smallest absolute Gasteiger partial charge is 0.240 e. The summed E-state index contributed by atoms with van der Waals surface area (Å²) in [6.07, 6.45) is 2.77. The second-order valence-corrected chi connectivity index (χ2v) is 7.80. The Morgan fingerprint density at radius 3 is 2.63 bits per heavy atom. The maximum atomic E-state index is 12.1. The topological polar surface area (TPSA) is 72.2 Å². The summed E-state index contributed by atoms with van der Waals surface area (Å²) in [7, 11) is -3.55. The maximum absolute atomic E-state index is 12.1. The van der Waals surface area contributed by atoms with Gasteiger partial charge in [0.05, 0.1) is 4.90 Å². The molecular formula is C12H19ClN2O2S2. The third-order valence-corrected chi connectivity index (χ3v) is 5.79. The van der Waals surface area contributed by atoms with Crippen LogP contribution in [0.5, 0.6) is 0 Å². The van der Waals surface area contributed by atoms with Crippen molar-refractivity contribution in [3.8, 4) is 0 Å². The van der Waals surface area contributed by atoms with Crippen LogP contribution in [0.1, 0.15) is 18.9 Å². The Labute approximate surface area is 124 Å². The van der Waals surface area contributed by atoms with Crippen molar-refractivity contribution in [3.05, 3.63) is 22.7 Å². The molecule has 108 valence electrons. The Kier molecular flexibility index (Phi) is 5.98. The molecule has 1 aromatic rings. The van der Waals surface area contributed by atoms with E-state index in [0.29, 0.717) is 28.1 Å². The van der Waals surface area contributed by atoms with Gasteiger partial charge in [-0.15, -0.1) is 0 Å². The van der Waals surface area contributed by atoms with E-state index in [0.717, 1.165) is 6.42 Å². The highest BCUT2D eigenvalue weighted by Gasteiger charge is 2.16. The van der Waals surface area contributed by atoms with Crippen LogP contribution in [0.4, 0.5) is 5.69 Å². The van der Waals surface area contributed by atoms with Gasteiger partial charge in [-0.3, -0.25) is 0 Å². The number of rotatable bonds is 6. The molecule has 0 radical (unpaired) electrons. The lowest BCUT2D eigenvalue weighted by Crippen LogP contribution is -2.26. The maximum Gasteiger partial charge on any atom is 0.240 e. The molecule has 7 heteroatoms. The summed E-state index contributed by atoms with van der Waals surface area (Å²) >= 11 is 7.66. The van der Waals surface area contributed by atoms with Crippen LogP contribution in [0.3, 0.4) is 0 Å². The molecular weight excluding hydrogens is 304 g/mol. The number of thioether (sulfide) groups is 1. The van der Waals surface area contributed by atoms with E-state index in [-0.39, 0.29) is 4.90 Å². The second-order valence-electron chi connectivity index (χ2n) is 4.35. The van der Waals surface area contributed by atoms with Crippen molar-refractivity contribution in [3.63, 3.8) is 0 Å². The SMILES string of the molecule is CSC(C)CCNS(=O)(=O)c1cc(N)c(C)c(Cl)c1. The quantitative estimate of drug-likeness (QED) is 0.790. The van der Waals surface area contributed by atoms with Gasteiger partial charge >= 0.3 is 0 Å². The molecule has 1 atom stereocenters. The van der Waals surface area contributed by atoms with Crippen molar-refractivity contribution >= 4 is 39.1 Å². The first kappa shape index (κ1) is 16.6. The Bertz CT molecular complexity index is 524. The van der Waals surface area contributed by atoms with E-state index in [1.54, 1.807) is 18.7 Å². The zero-order valence-electron chi connectivity index (χ0n) is 11.2. The third kappa shape index (κ3) is 4.56. The number of nitrogens with two attached hydrogens (primary N) is 1. The summed E-state index contributed by atoms with van der Waals surface area (Å²) in [5, 5.41) is 0.771. The molecule has 0 heterocycles. The lowest BCUT2D eigenvalue weighted by molar-refractivity contribution is 0.579. The van der Waals surface area contributed by atoms with Crippen molar-refractivity contribution in [1.82, 2.24) is 4.72 Å². The first-order valence-electron chi connectivity index (χ1n) is 5.86. The third-order valence-electron chi connectivity index (χ3n) is 2.91.